The predicted molar refractivity (Wildman–Crippen MR) is 83.7 cm³/mol. The highest BCUT2D eigenvalue weighted by Gasteiger charge is 2.08. The van der Waals surface area contributed by atoms with Crippen molar-refractivity contribution in [2.45, 2.75) is 27.0 Å². The molecule has 1 heterocycles. The van der Waals surface area contributed by atoms with E-state index in [1.165, 1.54) is 12.1 Å². The van der Waals surface area contributed by atoms with Crippen LogP contribution in [0.3, 0.4) is 0 Å². The number of hydrogen-bond donors (Lipinski definition) is 1. The Hall–Kier alpha value is -1.33. The largest absolute Gasteiger partial charge is 0.486 e. The monoisotopic (exact) mass is 355 g/mol. The van der Waals surface area contributed by atoms with Crippen LogP contribution in [0.4, 0.5) is 4.39 Å². The van der Waals surface area contributed by atoms with Gasteiger partial charge in [0, 0.05) is 22.6 Å². The van der Waals surface area contributed by atoms with E-state index < -0.39 is 0 Å². The maximum absolute atomic E-state index is 13.3. The number of benzene rings is 1. The first-order valence-corrected chi connectivity index (χ1v) is 7.68. The molecule has 1 aromatic carbocycles. The summed E-state index contributed by atoms with van der Waals surface area (Å²) < 4.78 is 24.9. The van der Waals surface area contributed by atoms with Crippen LogP contribution in [-0.2, 0) is 13.2 Å². The van der Waals surface area contributed by atoms with Gasteiger partial charge in [0.15, 0.2) is 0 Å². The van der Waals surface area contributed by atoms with Gasteiger partial charge in [-0.15, -0.1) is 0 Å². The highest BCUT2D eigenvalue weighted by molar-refractivity contribution is 9.10. The minimum Gasteiger partial charge on any atom is -0.486 e. The van der Waals surface area contributed by atoms with Crippen molar-refractivity contribution in [1.29, 1.82) is 0 Å². The third-order valence-electron chi connectivity index (χ3n) is 2.91. The second-order valence-corrected chi connectivity index (χ2v) is 6.20. The molecular formula is C16H19BrFNO2. The zero-order valence-electron chi connectivity index (χ0n) is 12.2. The van der Waals surface area contributed by atoms with E-state index in [0.29, 0.717) is 16.1 Å². The summed E-state index contributed by atoms with van der Waals surface area (Å²) in [5.41, 5.74) is 1.06. The van der Waals surface area contributed by atoms with Crippen molar-refractivity contribution in [2.75, 3.05) is 6.54 Å². The molecule has 0 amide bonds. The lowest BCUT2D eigenvalue weighted by molar-refractivity contribution is 0.266. The zero-order chi connectivity index (χ0) is 15.2. The van der Waals surface area contributed by atoms with Crippen LogP contribution < -0.4 is 10.1 Å². The number of hydrogen-bond acceptors (Lipinski definition) is 3. The lowest BCUT2D eigenvalue weighted by atomic mass is 10.2. The molecule has 0 bridgehead atoms. The van der Waals surface area contributed by atoms with Gasteiger partial charge in [0.05, 0.1) is 6.26 Å². The normalized spacial score (nSPS) is 11.1. The van der Waals surface area contributed by atoms with E-state index in [4.69, 9.17) is 9.15 Å². The van der Waals surface area contributed by atoms with Gasteiger partial charge in [-0.3, -0.25) is 0 Å². The molecule has 0 saturated carbocycles. The van der Waals surface area contributed by atoms with Crippen LogP contribution in [-0.4, -0.2) is 6.54 Å². The van der Waals surface area contributed by atoms with Crippen molar-refractivity contribution in [3.8, 4) is 5.75 Å². The molecule has 0 saturated heterocycles. The van der Waals surface area contributed by atoms with Gasteiger partial charge >= 0.3 is 0 Å². The van der Waals surface area contributed by atoms with Crippen molar-refractivity contribution < 1.29 is 13.5 Å². The summed E-state index contributed by atoms with van der Waals surface area (Å²) >= 11 is 3.24. The summed E-state index contributed by atoms with van der Waals surface area (Å²) in [5, 5.41) is 3.36. The molecule has 0 aliphatic rings. The Morgan fingerprint density at radius 3 is 2.86 bits per heavy atom. The number of halogens is 2. The molecule has 0 aliphatic heterocycles. The molecule has 21 heavy (non-hydrogen) atoms. The molecular weight excluding hydrogens is 337 g/mol. The fraction of sp³-hybridized carbons (Fsp3) is 0.375. The van der Waals surface area contributed by atoms with Gasteiger partial charge in [0.1, 0.15) is 23.9 Å². The van der Waals surface area contributed by atoms with Gasteiger partial charge in [-0.25, -0.2) is 4.39 Å². The van der Waals surface area contributed by atoms with E-state index in [2.05, 4.69) is 35.1 Å². The molecule has 2 rings (SSSR count). The highest BCUT2D eigenvalue weighted by atomic mass is 79.9. The van der Waals surface area contributed by atoms with Crippen LogP contribution in [0.15, 0.2) is 39.4 Å². The van der Waals surface area contributed by atoms with Crippen LogP contribution in [0.25, 0.3) is 0 Å². The van der Waals surface area contributed by atoms with Crippen LogP contribution >= 0.6 is 15.9 Å². The van der Waals surface area contributed by atoms with E-state index in [0.717, 1.165) is 24.4 Å². The van der Waals surface area contributed by atoms with Crippen molar-refractivity contribution >= 4 is 15.9 Å². The topological polar surface area (TPSA) is 34.4 Å². The molecule has 0 fully saturated rings. The average Bonchev–Trinajstić information content (AvgIpc) is 2.82. The van der Waals surface area contributed by atoms with E-state index in [1.54, 1.807) is 12.3 Å². The predicted octanol–water partition coefficient (Wildman–Crippen LogP) is 4.51. The van der Waals surface area contributed by atoms with E-state index >= 15 is 0 Å². The summed E-state index contributed by atoms with van der Waals surface area (Å²) in [7, 11) is 0. The zero-order valence-corrected chi connectivity index (χ0v) is 13.7. The van der Waals surface area contributed by atoms with Gasteiger partial charge in [0.2, 0.25) is 0 Å². The first-order valence-electron chi connectivity index (χ1n) is 6.89. The summed E-state index contributed by atoms with van der Waals surface area (Å²) in [6.07, 6.45) is 1.65. The smallest absolute Gasteiger partial charge is 0.146 e. The summed E-state index contributed by atoms with van der Waals surface area (Å²) in [6, 6.07) is 6.39. The van der Waals surface area contributed by atoms with Crippen molar-refractivity contribution in [2.24, 2.45) is 5.92 Å². The van der Waals surface area contributed by atoms with Crippen molar-refractivity contribution in [1.82, 2.24) is 5.32 Å². The summed E-state index contributed by atoms with van der Waals surface area (Å²) in [5.74, 6) is 1.49. The first-order chi connectivity index (χ1) is 10.0. The fourth-order valence-electron chi connectivity index (χ4n) is 1.91. The number of nitrogens with one attached hydrogen (secondary N) is 1. The number of ether oxygens (including phenoxy) is 1. The van der Waals surface area contributed by atoms with Crippen LogP contribution in [0, 0.1) is 11.7 Å². The molecule has 3 nitrogen and oxygen atoms in total. The van der Waals surface area contributed by atoms with E-state index in [1.807, 2.05) is 6.07 Å². The van der Waals surface area contributed by atoms with Crippen LogP contribution in [0.5, 0.6) is 5.75 Å². The highest BCUT2D eigenvalue weighted by Crippen LogP contribution is 2.22. The maximum Gasteiger partial charge on any atom is 0.146 e. The minimum atomic E-state index is -0.336. The molecule has 1 N–H and O–H groups in total. The van der Waals surface area contributed by atoms with Crippen molar-refractivity contribution in [3.63, 3.8) is 0 Å². The lowest BCUT2D eigenvalue weighted by Crippen LogP contribution is -2.19. The summed E-state index contributed by atoms with van der Waals surface area (Å²) in [4.78, 5) is 0. The second-order valence-electron chi connectivity index (χ2n) is 5.29. The SMILES string of the molecule is CC(C)CNCc1ccoc1COc1cc(F)cc(Br)c1. The molecule has 0 unspecified atom stereocenters. The number of rotatable bonds is 7. The van der Waals surface area contributed by atoms with Crippen LogP contribution in [0.1, 0.15) is 25.2 Å². The molecule has 0 atom stereocenters. The average molecular weight is 356 g/mol. The second kappa shape index (κ2) is 7.61. The van der Waals surface area contributed by atoms with Gasteiger partial charge in [-0.1, -0.05) is 29.8 Å². The summed E-state index contributed by atoms with van der Waals surface area (Å²) in [6.45, 7) is 6.28. The Morgan fingerprint density at radius 2 is 2.14 bits per heavy atom. The number of furan rings is 1. The Balaban J connectivity index is 1.92. The lowest BCUT2D eigenvalue weighted by Gasteiger charge is -2.09. The molecule has 5 heteroatoms. The molecule has 1 aromatic heterocycles. The Morgan fingerprint density at radius 1 is 1.33 bits per heavy atom. The van der Waals surface area contributed by atoms with Gasteiger partial charge in [-0.2, -0.15) is 0 Å². The van der Waals surface area contributed by atoms with E-state index in [-0.39, 0.29) is 12.4 Å². The Kier molecular flexibility index (Phi) is 5.82. The van der Waals surface area contributed by atoms with E-state index in [9.17, 15) is 4.39 Å². The van der Waals surface area contributed by atoms with Gasteiger partial charge < -0.3 is 14.5 Å². The Bertz CT molecular complexity index is 563. The van der Waals surface area contributed by atoms with Crippen molar-refractivity contribution in [3.05, 3.63) is 52.1 Å². The van der Waals surface area contributed by atoms with Crippen LogP contribution in [0.2, 0.25) is 0 Å². The minimum absolute atomic E-state index is 0.279. The third kappa shape index (κ3) is 5.17. The maximum atomic E-state index is 13.3. The standard InChI is InChI=1S/C16H19BrFNO2/c1-11(2)8-19-9-12-3-4-20-16(12)10-21-15-6-13(17)5-14(18)7-15/h3-7,11,19H,8-10H2,1-2H3. The van der Waals surface area contributed by atoms with Gasteiger partial charge in [0.25, 0.3) is 0 Å². The quantitative estimate of drug-likeness (QED) is 0.793. The molecule has 2 aromatic rings. The van der Waals surface area contributed by atoms with Gasteiger partial charge in [-0.05, 0) is 30.7 Å². The molecule has 0 aliphatic carbocycles. The third-order valence-corrected chi connectivity index (χ3v) is 3.37. The fourth-order valence-corrected chi connectivity index (χ4v) is 2.35. The molecule has 114 valence electrons. The Labute approximate surface area is 132 Å². The molecule has 0 spiro atoms. The molecule has 0 radical (unpaired) electrons. The first kappa shape index (κ1) is 16.0.